The van der Waals surface area contributed by atoms with Crippen LogP contribution in [0.1, 0.15) is 0 Å². The predicted molar refractivity (Wildman–Crippen MR) is 72.5 cm³/mol. The van der Waals surface area contributed by atoms with E-state index in [9.17, 15) is 13.2 Å². The van der Waals surface area contributed by atoms with Crippen molar-refractivity contribution in [2.75, 3.05) is 14.2 Å². The second kappa shape index (κ2) is 6.79. The number of ether oxygens (including phenoxy) is 2. The first-order valence-electron chi connectivity index (χ1n) is 5.60. The first kappa shape index (κ1) is 18.0. The molecule has 6 nitrogen and oxygen atoms in total. The number of benzene rings is 1. The van der Waals surface area contributed by atoms with Crippen molar-refractivity contribution in [3.8, 4) is 11.5 Å². The van der Waals surface area contributed by atoms with Crippen molar-refractivity contribution >= 4 is 21.0 Å². The molecule has 0 fully saturated rings. The molecule has 2 rings (SSSR count). The number of halogens is 3. The number of pyridine rings is 1. The van der Waals surface area contributed by atoms with Gasteiger partial charge in [0, 0.05) is 17.6 Å². The third kappa shape index (κ3) is 4.46. The van der Waals surface area contributed by atoms with Crippen LogP contribution in [0.2, 0.25) is 0 Å². The zero-order chi connectivity index (χ0) is 17.0. The fourth-order valence-corrected chi connectivity index (χ4v) is 1.40. The van der Waals surface area contributed by atoms with Gasteiger partial charge in [-0.15, -0.1) is 0 Å². The minimum Gasteiger partial charge on any atom is -0.493 e. The Morgan fingerprint density at radius 1 is 1.14 bits per heavy atom. The highest BCUT2D eigenvalue weighted by Crippen LogP contribution is 2.30. The molecular weight excluding hydrogens is 327 g/mol. The first-order chi connectivity index (χ1) is 10.1. The second-order valence-electron chi connectivity index (χ2n) is 3.82. The summed E-state index contributed by atoms with van der Waals surface area (Å²) >= 11 is 0. The van der Waals surface area contributed by atoms with Gasteiger partial charge in [0.05, 0.1) is 19.7 Å². The van der Waals surface area contributed by atoms with Crippen molar-refractivity contribution in [3.63, 3.8) is 0 Å². The molecule has 0 radical (unpaired) electrons. The highest BCUT2D eigenvalue weighted by Gasteiger charge is 2.44. The van der Waals surface area contributed by atoms with Crippen LogP contribution in [-0.2, 0) is 10.1 Å². The molecular formula is C12H12F3NO5S. The number of aromatic nitrogens is 1. The van der Waals surface area contributed by atoms with Crippen molar-refractivity contribution in [2.45, 2.75) is 5.51 Å². The Morgan fingerprint density at radius 3 is 2.09 bits per heavy atom. The third-order valence-electron chi connectivity index (χ3n) is 2.40. The van der Waals surface area contributed by atoms with Crippen molar-refractivity contribution in [1.29, 1.82) is 0 Å². The Bertz CT molecular complexity index is 704. The summed E-state index contributed by atoms with van der Waals surface area (Å²) in [5.41, 5.74) is -4.63. The summed E-state index contributed by atoms with van der Waals surface area (Å²) in [5.74, 6) is 1.44. The van der Waals surface area contributed by atoms with Gasteiger partial charge in [-0.2, -0.15) is 21.6 Å². The predicted octanol–water partition coefficient (Wildman–Crippen LogP) is 2.65. The molecule has 0 saturated heterocycles. The van der Waals surface area contributed by atoms with Gasteiger partial charge < -0.3 is 9.47 Å². The topological polar surface area (TPSA) is 85.7 Å². The molecule has 0 aliphatic carbocycles. The maximum Gasteiger partial charge on any atom is 0.522 e. The molecule has 1 aromatic heterocycles. The van der Waals surface area contributed by atoms with Gasteiger partial charge in [-0.1, -0.05) is 6.07 Å². The molecule has 0 spiro atoms. The lowest BCUT2D eigenvalue weighted by atomic mass is 10.2. The first-order valence-corrected chi connectivity index (χ1v) is 7.04. The number of hydrogen-bond acceptors (Lipinski definition) is 5. The van der Waals surface area contributed by atoms with E-state index in [0.29, 0.717) is 5.75 Å². The van der Waals surface area contributed by atoms with Gasteiger partial charge in [0.1, 0.15) is 0 Å². The van der Waals surface area contributed by atoms with Crippen LogP contribution in [0.4, 0.5) is 13.2 Å². The van der Waals surface area contributed by atoms with E-state index in [0.717, 1.165) is 16.7 Å². The van der Waals surface area contributed by atoms with Gasteiger partial charge in [-0.05, 0) is 12.1 Å². The van der Waals surface area contributed by atoms with Gasteiger partial charge >= 0.3 is 15.6 Å². The summed E-state index contributed by atoms with van der Waals surface area (Å²) in [4.78, 5) is 4.23. The van der Waals surface area contributed by atoms with Crippen LogP contribution in [0.15, 0.2) is 30.5 Å². The zero-order valence-electron chi connectivity index (χ0n) is 11.5. The lowest BCUT2D eigenvalue weighted by molar-refractivity contribution is -0.0510. The number of methoxy groups -OCH3 is 2. The summed E-state index contributed by atoms with van der Waals surface area (Å²) in [6.45, 7) is 0. The number of nitrogens with zero attached hydrogens (tertiary/aromatic N) is 1. The van der Waals surface area contributed by atoms with E-state index in [1.165, 1.54) is 0 Å². The molecule has 0 aliphatic heterocycles. The molecule has 0 unspecified atom stereocenters. The van der Waals surface area contributed by atoms with Gasteiger partial charge in [-0.3, -0.25) is 9.54 Å². The summed E-state index contributed by atoms with van der Waals surface area (Å²) < 4.78 is 67.9. The van der Waals surface area contributed by atoms with Crippen molar-refractivity contribution < 1.29 is 35.6 Å². The molecule has 10 heteroatoms. The molecule has 0 bridgehead atoms. The van der Waals surface area contributed by atoms with Crippen LogP contribution in [0.5, 0.6) is 11.5 Å². The van der Waals surface area contributed by atoms with Crippen LogP contribution in [0.25, 0.3) is 10.9 Å². The highest BCUT2D eigenvalue weighted by atomic mass is 32.2. The Balaban J connectivity index is 0.000000261. The van der Waals surface area contributed by atoms with E-state index in [4.69, 9.17) is 22.4 Å². The Morgan fingerprint density at radius 2 is 1.64 bits per heavy atom. The van der Waals surface area contributed by atoms with Gasteiger partial charge in [-0.25, -0.2) is 0 Å². The maximum atomic E-state index is 10.7. The Kier molecular flexibility index (Phi) is 5.55. The molecule has 0 atom stereocenters. The van der Waals surface area contributed by atoms with E-state index >= 15 is 0 Å². The maximum absolute atomic E-state index is 10.7. The largest absolute Gasteiger partial charge is 0.522 e. The Labute approximate surface area is 124 Å². The molecule has 1 heterocycles. The summed E-state index contributed by atoms with van der Waals surface area (Å²) in [7, 11) is -2.60. The monoisotopic (exact) mass is 339 g/mol. The number of alkyl halides is 3. The van der Waals surface area contributed by atoms with Crippen LogP contribution in [-0.4, -0.2) is 37.7 Å². The van der Waals surface area contributed by atoms with Crippen molar-refractivity contribution in [1.82, 2.24) is 4.98 Å². The summed E-state index contributed by atoms with van der Waals surface area (Å²) in [6.07, 6.45) is 1.76. The van der Waals surface area contributed by atoms with Crippen LogP contribution in [0.3, 0.4) is 0 Å². The Hall–Kier alpha value is -2.07. The minimum absolute atomic E-state index is 0.707. The standard InChI is InChI=1S/C11H11NO2.CHF3O3S/c1-13-10-6-8-4-3-5-12-9(8)7-11(10)14-2;2-1(3,4)8(5,6)7/h3-7H,1-2H3;(H,5,6,7). The number of rotatable bonds is 2. The van der Waals surface area contributed by atoms with Crippen LogP contribution < -0.4 is 9.47 Å². The summed E-state index contributed by atoms with van der Waals surface area (Å²) in [6, 6.07) is 7.67. The van der Waals surface area contributed by atoms with E-state index in [1.807, 2.05) is 24.3 Å². The fraction of sp³-hybridized carbons (Fsp3) is 0.250. The van der Waals surface area contributed by atoms with Crippen molar-refractivity contribution in [3.05, 3.63) is 30.5 Å². The van der Waals surface area contributed by atoms with Gasteiger partial charge in [0.2, 0.25) is 0 Å². The molecule has 0 amide bonds. The molecule has 1 aromatic carbocycles. The molecule has 0 aliphatic rings. The second-order valence-corrected chi connectivity index (χ2v) is 5.24. The quantitative estimate of drug-likeness (QED) is 0.669. The SMILES string of the molecule is COc1cc2cccnc2cc1OC.O=S(=O)(O)C(F)(F)F. The highest BCUT2D eigenvalue weighted by molar-refractivity contribution is 7.86. The molecule has 22 heavy (non-hydrogen) atoms. The van der Waals surface area contributed by atoms with Gasteiger partial charge in [0.25, 0.3) is 0 Å². The lowest BCUT2D eigenvalue weighted by Crippen LogP contribution is -2.21. The smallest absolute Gasteiger partial charge is 0.493 e. The van der Waals surface area contributed by atoms with Gasteiger partial charge in [0.15, 0.2) is 11.5 Å². The van der Waals surface area contributed by atoms with Crippen LogP contribution >= 0.6 is 0 Å². The molecule has 0 saturated carbocycles. The average molecular weight is 339 g/mol. The normalized spacial score (nSPS) is 11.5. The third-order valence-corrected chi connectivity index (χ3v) is 2.99. The van der Waals surface area contributed by atoms with E-state index < -0.39 is 15.6 Å². The summed E-state index contributed by atoms with van der Waals surface area (Å²) in [5, 5.41) is 1.05. The fourth-order valence-electron chi connectivity index (χ4n) is 1.40. The molecule has 122 valence electrons. The zero-order valence-corrected chi connectivity index (χ0v) is 12.3. The number of fused-ring (bicyclic) bond motifs is 1. The van der Waals surface area contributed by atoms with E-state index in [-0.39, 0.29) is 0 Å². The minimum atomic E-state index is -5.84. The van der Waals surface area contributed by atoms with E-state index in [1.54, 1.807) is 20.4 Å². The number of hydrogen-bond donors (Lipinski definition) is 1. The molecule has 1 N–H and O–H groups in total. The van der Waals surface area contributed by atoms with Crippen LogP contribution in [0, 0.1) is 0 Å². The van der Waals surface area contributed by atoms with E-state index in [2.05, 4.69) is 4.98 Å². The lowest BCUT2D eigenvalue weighted by Gasteiger charge is -2.08. The molecule has 2 aromatic rings. The van der Waals surface area contributed by atoms with Crippen molar-refractivity contribution in [2.24, 2.45) is 0 Å². The average Bonchev–Trinajstić information content (AvgIpc) is 2.44.